The summed E-state index contributed by atoms with van der Waals surface area (Å²) in [6, 6.07) is 12.2. The predicted molar refractivity (Wildman–Crippen MR) is 145 cm³/mol. The summed E-state index contributed by atoms with van der Waals surface area (Å²) in [6.45, 7) is 7.34. The van der Waals surface area contributed by atoms with Gasteiger partial charge in [-0.1, -0.05) is 32.9 Å². The van der Waals surface area contributed by atoms with Gasteiger partial charge < -0.3 is 15.4 Å². The molecule has 0 fully saturated rings. The predicted octanol–water partition coefficient (Wildman–Crippen LogP) is 6.32. The summed E-state index contributed by atoms with van der Waals surface area (Å²) < 4.78 is 6.15. The number of hydrogen-bond donors (Lipinski definition) is 2. The van der Waals surface area contributed by atoms with Gasteiger partial charge in [-0.25, -0.2) is 0 Å². The van der Waals surface area contributed by atoms with Gasteiger partial charge in [-0.3, -0.25) is 24.7 Å². The van der Waals surface area contributed by atoms with Gasteiger partial charge in [0.05, 0.1) is 44.1 Å². The largest absolute Gasteiger partial charge is 0.490 e. The van der Waals surface area contributed by atoms with E-state index in [-0.39, 0.29) is 17.3 Å². The third-order valence-electron chi connectivity index (χ3n) is 5.89. The maximum Gasteiger partial charge on any atom is 0.316 e. The fraction of sp³-hybridized carbons (Fsp3) is 0.222. The van der Waals surface area contributed by atoms with E-state index in [1.165, 1.54) is 24.6 Å². The van der Waals surface area contributed by atoms with Crippen molar-refractivity contribution < 1.29 is 19.2 Å². The number of pyridine rings is 1. The molecule has 9 nitrogen and oxygen atoms in total. The Morgan fingerprint density at radius 1 is 1.05 bits per heavy atom. The highest BCUT2D eigenvalue weighted by molar-refractivity contribution is 7.21. The minimum atomic E-state index is -0.490. The van der Waals surface area contributed by atoms with E-state index < -0.39 is 16.2 Å². The zero-order chi connectivity index (χ0) is 26.9. The van der Waals surface area contributed by atoms with Crippen molar-refractivity contribution in [1.29, 1.82) is 0 Å². The monoisotopic (exact) mass is 518 g/mol. The Kier molecular flexibility index (Phi) is 6.95. The van der Waals surface area contributed by atoms with E-state index in [1.54, 1.807) is 49.5 Å². The van der Waals surface area contributed by atoms with Gasteiger partial charge in [0.1, 0.15) is 0 Å². The molecule has 190 valence electrons. The molecule has 0 atom stereocenters. The van der Waals surface area contributed by atoms with Crippen LogP contribution in [-0.2, 0) is 5.41 Å². The number of nitrogens with zero attached hydrogens (tertiary/aromatic N) is 2. The molecule has 0 aliphatic carbocycles. The molecule has 37 heavy (non-hydrogen) atoms. The van der Waals surface area contributed by atoms with Crippen molar-refractivity contribution in [2.75, 3.05) is 17.7 Å². The first-order chi connectivity index (χ1) is 17.5. The first-order valence-corrected chi connectivity index (χ1v) is 12.2. The number of anilines is 2. The Labute approximate surface area is 217 Å². The summed E-state index contributed by atoms with van der Waals surface area (Å²) in [5.41, 5.74) is 1.59. The third-order valence-corrected chi connectivity index (χ3v) is 7.07. The van der Waals surface area contributed by atoms with Crippen LogP contribution in [0.15, 0.2) is 54.9 Å². The number of ether oxygens (including phenoxy) is 1. The van der Waals surface area contributed by atoms with Crippen molar-refractivity contribution in [3.05, 3.63) is 86.5 Å². The molecule has 10 heteroatoms. The number of nitro groups is 1. The van der Waals surface area contributed by atoms with E-state index in [9.17, 15) is 19.7 Å². The lowest BCUT2D eigenvalue weighted by Gasteiger charge is -2.24. The zero-order valence-corrected chi connectivity index (χ0v) is 21.9. The maximum atomic E-state index is 13.3. The average Bonchev–Trinajstić information content (AvgIpc) is 3.30. The number of carbonyl (C=O) groups is 2. The summed E-state index contributed by atoms with van der Waals surface area (Å²) in [5.74, 6) is -0.534. The lowest BCUT2D eigenvalue weighted by molar-refractivity contribution is -0.386. The molecule has 2 aromatic heterocycles. The minimum Gasteiger partial charge on any atom is -0.490 e. The first-order valence-electron chi connectivity index (χ1n) is 11.4. The molecular formula is C27H26N4O5S. The molecule has 0 unspecified atom stereocenters. The first kappa shape index (κ1) is 25.8. The molecule has 0 aliphatic rings. The molecule has 2 N–H and O–H groups in total. The third kappa shape index (κ3) is 5.14. The molecule has 4 aromatic rings. The fourth-order valence-corrected chi connectivity index (χ4v) is 5.03. The number of thiophene rings is 1. The molecule has 4 rings (SSSR count). The van der Waals surface area contributed by atoms with Gasteiger partial charge in [0, 0.05) is 18.0 Å². The molecule has 0 radical (unpaired) electrons. The van der Waals surface area contributed by atoms with E-state index in [0.717, 1.165) is 10.1 Å². The van der Waals surface area contributed by atoms with Gasteiger partial charge >= 0.3 is 5.69 Å². The molecule has 0 aliphatic heterocycles. The van der Waals surface area contributed by atoms with Gasteiger partial charge in [0.25, 0.3) is 11.8 Å². The van der Waals surface area contributed by atoms with Gasteiger partial charge in [-0.15, -0.1) is 11.3 Å². The topological polar surface area (TPSA) is 123 Å². The summed E-state index contributed by atoms with van der Waals surface area (Å²) in [5, 5.41) is 18.4. The summed E-state index contributed by atoms with van der Waals surface area (Å²) in [4.78, 5) is 41.7. The second-order valence-corrected chi connectivity index (χ2v) is 10.5. The van der Waals surface area contributed by atoms with Crippen LogP contribution in [0.4, 0.5) is 17.1 Å². The molecule has 0 saturated heterocycles. The Morgan fingerprint density at radius 3 is 2.41 bits per heavy atom. The second-order valence-electron chi connectivity index (χ2n) is 9.47. The Bertz CT molecular complexity index is 1520. The van der Waals surface area contributed by atoms with Crippen molar-refractivity contribution in [1.82, 2.24) is 4.98 Å². The molecular weight excluding hydrogens is 492 g/mol. The molecule has 2 amide bonds. The number of nitro benzene ring substituents is 1. The van der Waals surface area contributed by atoms with Gasteiger partial charge in [0.2, 0.25) is 5.75 Å². The van der Waals surface area contributed by atoms with Crippen LogP contribution < -0.4 is 15.4 Å². The van der Waals surface area contributed by atoms with Crippen LogP contribution in [0.1, 0.15) is 51.9 Å². The number of amides is 2. The second kappa shape index (κ2) is 9.98. The number of methoxy groups -OCH3 is 1. The van der Waals surface area contributed by atoms with Gasteiger partial charge in [-0.2, -0.15) is 0 Å². The average molecular weight is 519 g/mol. The standard InChI is InChI=1S/C27H26N4O5S/c1-15-20(13-18(27(2,3)4)23(36-5)22(15)31(34)35)30-26(33)21-12-16-8-6-10-19(24(16)37-21)29-25(32)17-9-7-11-28-14-17/h6-14H,1-5H3,(H,29,32)(H,30,33). The summed E-state index contributed by atoms with van der Waals surface area (Å²) in [7, 11) is 1.40. The van der Waals surface area contributed by atoms with Crippen LogP contribution in [0.3, 0.4) is 0 Å². The van der Waals surface area contributed by atoms with E-state index in [1.807, 2.05) is 26.8 Å². The SMILES string of the molecule is COc1c(C(C)(C)C)cc(NC(=O)c2cc3cccc(NC(=O)c4cccnc4)c3s2)c(C)c1[N+](=O)[O-]. The summed E-state index contributed by atoms with van der Waals surface area (Å²) >= 11 is 1.22. The molecule has 0 spiro atoms. The minimum absolute atomic E-state index is 0.179. The highest BCUT2D eigenvalue weighted by Crippen LogP contribution is 2.44. The van der Waals surface area contributed by atoms with Gasteiger partial charge in [0.15, 0.2) is 0 Å². The van der Waals surface area contributed by atoms with E-state index >= 15 is 0 Å². The molecule has 2 heterocycles. The Hall–Kier alpha value is -4.31. The van der Waals surface area contributed by atoms with E-state index in [0.29, 0.717) is 32.9 Å². The highest BCUT2D eigenvalue weighted by atomic mass is 32.1. The quantitative estimate of drug-likeness (QED) is 0.227. The number of hydrogen-bond acceptors (Lipinski definition) is 7. The number of rotatable bonds is 6. The number of fused-ring (bicyclic) bond motifs is 1. The fourth-order valence-electron chi connectivity index (χ4n) is 4.01. The van der Waals surface area contributed by atoms with Crippen molar-refractivity contribution >= 4 is 50.3 Å². The van der Waals surface area contributed by atoms with E-state index in [4.69, 9.17) is 4.74 Å². The lowest BCUT2D eigenvalue weighted by Crippen LogP contribution is -2.17. The number of benzene rings is 2. The normalized spacial score (nSPS) is 11.3. The molecule has 0 saturated carbocycles. The lowest BCUT2D eigenvalue weighted by atomic mass is 9.84. The number of carbonyl (C=O) groups excluding carboxylic acids is 2. The zero-order valence-electron chi connectivity index (χ0n) is 21.0. The number of nitrogens with one attached hydrogen (secondary N) is 2. The molecule has 0 bridgehead atoms. The van der Waals surface area contributed by atoms with Crippen molar-refractivity contribution in [3.8, 4) is 5.75 Å². The molecule has 2 aromatic carbocycles. The number of aromatic nitrogens is 1. The van der Waals surface area contributed by atoms with Crippen molar-refractivity contribution in [3.63, 3.8) is 0 Å². The smallest absolute Gasteiger partial charge is 0.316 e. The summed E-state index contributed by atoms with van der Waals surface area (Å²) in [6.07, 6.45) is 3.07. The van der Waals surface area contributed by atoms with Crippen molar-refractivity contribution in [2.45, 2.75) is 33.1 Å². The van der Waals surface area contributed by atoms with Gasteiger partial charge in [-0.05, 0) is 48.1 Å². The Morgan fingerprint density at radius 2 is 1.78 bits per heavy atom. The van der Waals surface area contributed by atoms with Crippen LogP contribution in [0.5, 0.6) is 5.75 Å². The van der Waals surface area contributed by atoms with Crippen LogP contribution in [0, 0.1) is 17.0 Å². The maximum absolute atomic E-state index is 13.3. The van der Waals surface area contributed by atoms with Crippen molar-refractivity contribution in [2.24, 2.45) is 0 Å². The van der Waals surface area contributed by atoms with Crippen LogP contribution >= 0.6 is 11.3 Å². The van der Waals surface area contributed by atoms with E-state index in [2.05, 4.69) is 15.6 Å². The van der Waals surface area contributed by atoms with Crippen LogP contribution in [0.2, 0.25) is 0 Å². The highest BCUT2D eigenvalue weighted by Gasteiger charge is 2.31. The van der Waals surface area contributed by atoms with Crippen LogP contribution in [0.25, 0.3) is 10.1 Å². The van der Waals surface area contributed by atoms with Crippen LogP contribution in [-0.4, -0.2) is 28.8 Å². The Balaban J connectivity index is 1.69.